The Hall–Kier alpha value is -1.57. The Kier molecular flexibility index (Phi) is 6.23. The number of aliphatic hydroxyl groups excluding tert-OH is 1. The van der Waals surface area contributed by atoms with Gasteiger partial charge in [0.15, 0.2) is 0 Å². The molecule has 1 fully saturated rings. The van der Waals surface area contributed by atoms with Gasteiger partial charge in [-0.3, -0.25) is 4.90 Å². The number of hydrogen-bond donors (Lipinski definition) is 1. The summed E-state index contributed by atoms with van der Waals surface area (Å²) in [4.78, 5) is 2.10. The van der Waals surface area contributed by atoms with Crippen LogP contribution >= 0.6 is 0 Å². The second-order valence-electron chi connectivity index (χ2n) is 6.21. The molecular weight excluding hydrogens is 276 g/mol. The van der Waals surface area contributed by atoms with Crippen LogP contribution in [-0.4, -0.2) is 41.8 Å². The van der Waals surface area contributed by atoms with Gasteiger partial charge in [0.2, 0.25) is 0 Å². The molecule has 4 nitrogen and oxygen atoms in total. The van der Waals surface area contributed by atoms with Crippen molar-refractivity contribution in [3.05, 3.63) is 29.3 Å². The summed E-state index contributed by atoms with van der Waals surface area (Å²) in [6.07, 6.45) is 4.13. The first-order valence-electron chi connectivity index (χ1n) is 8.10. The number of aryl methyl sites for hydroxylation is 2. The van der Waals surface area contributed by atoms with Gasteiger partial charge in [0.05, 0.1) is 12.6 Å². The highest BCUT2D eigenvalue weighted by Gasteiger charge is 2.24. The van der Waals surface area contributed by atoms with Gasteiger partial charge in [0, 0.05) is 12.6 Å². The molecule has 0 amide bonds. The molecule has 1 aliphatic carbocycles. The molecule has 0 bridgehead atoms. The number of nitrogens with zero attached hydrogens (tertiary/aromatic N) is 2. The van der Waals surface area contributed by atoms with Crippen molar-refractivity contribution < 1.29 is 9.84 Å². The summed E-state index contributed by atoms with van der Waals surface area (Å²) in [5.41, 5.74) is 2.16. The van der Waals surface area contributed by atoms with Gasteiger partial charge in [-0.2, -0.15) is 5.26 Å². The van der Waals surface area contributed by atoms with Gasteiger partial charge >= 0.3 is 0 Å². The highest BCUT2D eigenvalue weighted by Crippen LogP contribution is 2.24. The summed E-state index contributed by atoms with van der Waals surface area (Å²) in [5.74, 6) is 0.856. The largest absolute Gasteiger partial charge is 0.490 e. The molecule has 0 aromatic heterocycles. The minimum atomic E-state index is -0.576. The molecule has 0 heterocycles. The highest BCUT2D eigenvalue weighted by molar-refractivity contribution is 5.39. The van der Waals surface area contributed by atoms with Crippen LogP contribution in [0.25, 0.3) is 0 Å². The molecule has 1 aliphatic rings. The Balaban J connectivity index is 1.88. The molecule has 4 heteroatoms. The van der Waals surface area contributed by atoms with Crippen LogP contribution in [0, 0.1) is 25.2 Å². The molecule has 0 radical (unpaired) electrons. The molecule has 1 saturated carbocycles. The Morgan fingerprint density at radius 2 is 1.95 bits per heavy atom. The third-order valence-corrected chi connectivity index (χ3v) is 4.39. The number of rotatable bonds is 7. The maximum Gasteiger partial charge on any atom is 0.125 e. The molecule has 0 saturated heterocycles. The lowest BCUT2D eigenvalue weighted by Crippen LogP contribution is -2.41. The van der Waals surface area contributed by atoms with Crippen LogP contribution in [0.3, 0.4) is 0 Å². The second kappa shape index (κ2) is 8.17. The minimum Gasteiger partial charge on any atom is -0.490 e. The zero-order valence-electron chi connectivity index (χ0n) is 13.6. The van der Waals surface area contributed by atoms with Crippen LogP contribution in [-0.2, 0) is 0 Å². The molecule has 1 aromatic rings. The average Bonchev–Trinajstić information content (AvgIpc) is 3.00. The molecule has 120 valence electrons. The number of para-hydroxylation sites is 1. The number of hydrogen-bond acceptors (Lipinski definition) is 4. The molecule has 0 aliphatic heterocycles. The van der Waals surface area contributed by atoms with Crippen molar-refractivity contribution in [3.8, 4) is 11.8 Å². The van der Waals surface area contributed by atoms with Crippen molar-refractivity contribution in [2.45, 2.75) is 51.7 Å². The maximum atomic E-state index is 10.3. The van der Waals surface area contributed by atoms with Crippen molar-refractivity contribution in [1.82, 2.24) is 4.90 Å². The Labute approximate surface area is 133 Å². The van der Waals surface area contributed by atoms with E-state index in [4.69, 9.17) is 10.00 Å². The monoisotopic (exact) mass is 302 g/mol. The van der Waals surface area contributed by atoms with Gasteiger partial charge in [-0.05, 0) is 37.8 Å². The molecular formula is C18H26N2O2. The topological polar surface area (TPSA) is 56.5 Å². The fourth-order valence-corrected chi connectivity index (χ4v) is 3.23. The van der Waals surface area contributed by atoms with Crippen molar-refractivity contribution in [3.63, 3.8) is 0 Å². The zero-order chi connectivity index (χ0) is 15.9. The van der Waals surface area contributed by atoms with E-state index in [0.29, 0.717) is 19.1 Å². The van der Waals surface area contributed by atoms with Crippen LogP contribution in [0.1, 0.15) is 36.8 Å². The normalized spacial score (nSPS) is 16.7. The summed E-state index contributed by atoms with van der Waals surface area (Å²) in [5, 5.41) is 19.3. The third-order valence-electron chi connectivity index (χ3n) is 4.39. The lowest BCUT2D eigenvalue weighted by molar-refractivity contribution is 0.0580. The van der Waals surface area contributed by atoms with Crippen molar-refractivity contribution in [1.29, 1.82) is 5.26 Å². The fraction of sp³-hybridized carbons (Fsp3) is 0.611. The van der Waals surface area contributed by atoms with E-state index in [9.17, 15) is 5.11 Å². The van der Waals surface area contributed by atoms with E-state index in [0.717, 1.165) is 29.7 Å². The van der Waals surface area contributed by atoms with Crippen molar-refractivity contribution in [2.75, 3.05) is 19.7 Å². The third kappa shape index (κ3) is 4.46. The first-order valence-corrected chi connectivity index (χ1v) is 8.10. The highest BCUT2D eigenvalue weighted by atomic mass is 16.5. The molecule has 0 spiro atoms. The lowest BCUT2D eigenvalue weighted by atomic mass is 10.1. The summed E-state index contributed by atoms with van der Waals surface area (Å²) in [6.45, 7) is 5.17. The van der Waals surface area contributed by atoms with Gasteiger partial charge in [-0.25, -0.2) is 0 Å². The van der Waals surface area contributed by atoms with Crippen LogP contribution in [0.4, 0.5) is 0 Å². The Morgan fingerprint density at radius 1 is 1.32 bits per heavy atom. The first-order chi connectivity index (χ1) is 10.6. The Bertz CT molecular complexity index is 498. The number of benzene rings is 1. The SMILES string of the molecule is Cc1cccc(C)c1OCC(O)CN(CC#N)C1CCCC1. The maximum absolute atomic E-state index is 10.3. The predicted octanol–water partition coefficient (Wildman–Crippen LogP) is 2.81. The minimum absolute atomic E-state index is 0.264. The fourth-order valence-electron chi connectivity index (χ4n) is 3.23. The van der Waals surface area contributed by atoms with E-state index in [1.165, 1.54) is 12.8 Å². The van der Waals surface area contributed by atoms with E-state index < -0.39 is 6.10 Å². The Morgan fingerprint density at radius 3 is 2.55 bits per heavy atom. The molecule has 2 rings (SSSR count). The number of ether oxygens (including phenoxy) is 1. The van der Waals surface area contributed by atoms with Gasteiger partial charge in [-0.15, -0.1) is 0 Å². The second-order valence-corrected chi connectivity index (χ2v) is 6.21. The number of aliphatic hydroxyl groups is 1. The molecule has 1 aromatic carbocycles. The summed E-state index contributed by atoms with van der Waals surface area (Å²) >= 11 is 0. The first kappa shape index (κ1) is 16.8. The van der Waals surface area contributed by atoms with Crippen LogP contribution in [0.15, 0.2) is 18.2 Å². The van der Waals surface area contributed by atoms with Crippen molar-refractivity contribution in [2.24, 2.45) is 0 Å². The van der Waals surface area contributed by atoms with Gasteiger partial charge in [0.1, 0.15) is 18.5 Å². The lowest BCUT2D eigenvalue weighted by Gasteiger charge is -2.28. The molecule has 22 heavy (non-hydrogen) atoms. The van der Waals surface area contributed by atoms with Gasteiger partial charge in [0.25, 0.3) is 0 Å². The van der Waals surface area contributed by atoms with E-state index in [1.807, 2.05) is 32.0 Å². The van der Waals surface area contributed by atoms with Crippen molar-refractivity contribution >= 4 is 0 Å². The van der Waals surface area contributed by atoms with Crippen LogP contribution in [0.5, 0.6) is 5.75 Å². The number of nitriles is 1. The summed E-state index contributed by atoms with van der Waals surface area (Å²) in [7, 11) is 0. The average molecular weight is 302 g/mol. The van der Waals surface area contributed by atoms with E-state index in [2.05, 4.69) is 11.0 Å². The quantitative estimate of drug-likeness (QED) is 0.787. The standard InChI is InChI=1S/C18H26N2O2/c1-14-6-5-7-15(2)18(14)22-13-17(21)12-20(11-10-19)16-8-3-4-9-16/h5-7,16-17,21H,3-4,8-9,11-13H2,1-2H3. The van der Waals surface area contributed by atoms with Crippen LogP contribution in [0.2, 0.25) is 0 Å². The van der Waals surface area contributed by atoms with Gasteiger partial charge in [-0.1, -0.05) is 31.0 Å². The van der Waals surface area contributed by atoms with E-state index in [1.54, 1.807) is 0 Å². The molecule has 1 atom stereocenters. The molecule has 1 N–H and O–H groups in total. The van der Waals surface area contributed by atoms with E-state index >= 15 is 0 Å². The van der Waals surface area contributed by atoms with Crippen LogP contribution < -0.4 is 4.74 Å². The predicted molar refractivity (Wildman–Crippen MR) is 86.9 cm³/mol. The van der Waals surface area contributed by atoms with Gasteiger partial charge < -0.3 is 9.84 Å². The van der Waals surface area contributed by atoms with E-state index in [-0.39, 0.29) is 6.61 Å². The summed E-state index contributed by atoms with van der Waals surface area (Å²) in [6, 6.07) is 8.68. The molecule has 1 unspecified atom stereocenters. The summed E-state index contributed by atoms with van der Waals surface area (Å²) < 4.78 is 5.81. The zero-order valence-corrected chi connectivity index (χ0v) is 13.6. The smallest absolute Gasteiger partial charge is 0.125 e.